The van der Waals surface area contributed by atoms with Crippen LogP contribution in [0.4, 0.5) is 11.4 Å². The van der Waals surface area contributed by atoms with E-state index >= 15 is 0 Å². The minimum Gasteiger partial charge on any atom is -0.487 e. The molecule has 1 aromatic heterocycles. The van der Waals surface area contributed by atoms with E-state index in [-0.39, 0.29) is 18.2 Å². The molecular weight excluding hydrogens is 588 g/mol. The van der Waals surface area contributed by atoms with Crippen LogP contribution in [-0.4, -0.2) is 39.9 Å². The lowest BCUT2D eigenvalue weighted by Crippen LogP contribution is -2.30. The van der Waals surface area contributed by atoms with Crippen molar-refractivity contribution in [2.24, 2.45) is 0 Å². The lowest BCUT2D eigenvalue weighted by Gasteiger charge is -2.26. The van der Waals surface area contributed by atoms with Crippen LogP contribution in [0.5, 0.6) is 5.75 Å². The minimum absolute atomic E-state index is 0.114. The van der Waals surface area contributed by atoms with Crippen LogP contribution in [0, 0.1) is 0 Å². The quantitative estimate of drug-likeness (QED) is 0.121. The second-order valence-electron chi connectivity index (χ2n) is 11.4. The Kier molecular flexibility index (Phi) is 11.8. The molecule has 3 N–H and O–H groups in total. The lowest BCUT2D eigenvalue weighted by atomic mass is 10.1. The summed E-state index contributed by atoms with van der Waals surface area (Å²) in [5.74, 6) is 0.208. The molecule has 1 atom stereocenters. The van der Waals surface area contributed by atoms with E-state index < -0.39 is 6.10 Å². The Bertz CT molecular complexity index is 1720. The van der Waals surface area contributed by atoms with E-state index in [2.05, 4.69) is 32.7 Å². The Balaban J connectivity index is 1.23. The highest BCUT2D eigenvalue weighted by molar-refractivity contribution is 5.92. The molecule has 4 aromatic carbocycles. The average molecular weight is 629 g/mol. The molecule has 0 aliphatic carbocycles. The molecule has 5 rings (SSSR count). The topological polar surface area (TPSA) is 104 Å². The summed E-state index contributed by atoms with van der Waals surface area (Å²) >= 11 is 0. The molecule has 2 amide bonds. The molecule has 0 bridgehead atoms. The van der Waals surface area contributed by atoms with Gasteiger partial charge in [0, 0.05) is 44.1 Å². The number of amides is 2. The highest BCUT2D eigenvalue weighted by Crippen LogP contribution is 2.30. The zero-order chi connectivity index (χ0) is 32.8. The first kappa shape index (κ1) is 33.1. The summed E-state index contributed by atoms with van der Waals surface area (Å²) in [5.41, 5.74) is 5.94. The molecule has 0 saturated carbocycles. The first-order chi connectivity index (χ1) is 22.9. The van der Waals surface area contributed by atoms with E-state index in [0.717, 1.165) is 34.5 Å². The van der Waals surface area contributed by atoms with E-state index in [4.69, 9.17) is 4.74 Å². The number of hydrogen-bond donors (Lipinski definition) is 3. The summed E-state index contributed by atoms with van der Waals surface area (Å²) in [6.07, 6.45) is 1.85. The monoisotopic (exact) mass is 628 g/mol. The molecule has 240 valence electrons. The van der Waals surface area contributed by atoms with Crippen molar-refractivity contribution in [1.29, 1.82) is 0 Å². The maximum absolute atomic E-state index is 12.4. The van der Waals surface area contributed by atoms with Gasteiger partial charge in [-0.15, -0.1) is 0 Å². The summed E-state index contributed by atoms with van der Waals surface area (Å²) in [7, 11) is 0. The van der Waals surface area contributed by atoms with Crippen molar-refractivity contribution in [1.82, 2.24) is 9.88 Å². The molecule has 0 aliphatic rings. The molecule has 0 saturated heterocycles. The van der Waals surface area contributed by atoms with Gasteiger partial charge < -0.3 is 20.5 Å². The summed E-state index contributed by atoms with van der Waals surface area (Å²) in [4.78, 5) is 30.9. The van der Waals surface area contributed by atoms with Gasteiger partial charge in [0.1, 0.15) is 12.4 Å². The van der Waals surface area contributed by atoms with Crippen molar-refractivity contribution in [2.75, 3.05) is 23.7 Å². The van der Waals surface area contributed by atoms with Crippen LogP contribution in [0.1, 0.15) is 41.0 Å². The Labute approximate surface area is 276 Å². The number of hydrogen-bond acceptors (Lipinski definition) is 6. The number of rotatable bonds is 15. The molecule has 1 heterocycles. The van der Waals surface area contributed by atoms with Crippen LogP contribution in [0.2, 0.25) is 0 Å². The summed E-state index contributed by atoms with van der Waals surface area (Å²) in [5, 5.41) is 17.2. The third-order valence-electron chi connectivity index (χ3n) is 7.64. The van der Waals surface area contributed by atoms with E-state index in [0.29, 0.717) is 43.2 Å². The van der Waals surface area contributed by atoms with Crippen LogP contribution in [-0.2, 0) is 35.6 Å². The molecule has 47 heavy (non-hydrogen) atoms. The largest absolute Gasteiger partial charge is 0.487 e. The first-order valence-electron chi connectivity index (χ1n) is 15.7. The number of carbonyl (C=O) groups is 2. The van der Waals surface area contributed by atoms with Crippen molar-refractivity contribution in [3.05, 3.63) is 155 Å². The molecule has 8 heteroatoms. The maximum Gasteiger partial charge on any atom is 0.230 e. The first-order valence-corrected chi connectivity index (χ1v) is 15.7. The molecule has 1 unspecified atom stereocenters. The standard InChI is InChI=1S/C39H40N4O4/c1-29(44)41-36-24-33(17-20-38(36)47-28-32-12-6-3-7-13-32)37(45)27-43(26-31-10-4-2-5-11-31)23-21-30-15-18-34(19-16-30)42-39(46)25-35-14-8-9-22-40-35/h2-20,22,24,37,45H,21,23,25-28H2,1H3,(H,41,44)(H,42,46). The zero-order valence-electron chi connectivity index (χ0n) is 26.5. The SMILES string of the molecule is CC(=O)Nc1cc(C(O)CN(CCc2ccc(NC(=O)Cc3ccccn3)cc2)Cc2ccccc2)ccc1OCc1ccccc1. The van der Waals surface area contributed by atoms with E-state index in [1.807, 2.05) is 97.1 Å². The van der Waals surface area contributed by atoms with Gasteiger partial charge in [0.25, 0.3) is 0 Å². The van der Waals surface area contributed by atoms with E-state index in [1.54, 1.807) is 18.3 Å². The Morgan fingerprint density at radius 2 is 1.51 bits per heavy atom. The van der Waals surface area contributed by atoms with E-state index in [1.165, 1.54) is 6.92 Å². The third kappa shape index (κ3) is 10.6. The van der Waals surface area contributed by atoms with Gasteiger partial charge in [-0.25, -0.2) is 0 Å². The number of anilines is 2. The van der Waals surface area contributed by atoms with Crippen molar-refractivity contribution >= 4 is 23.2 Å². The van der Waals surface area contributed by atoms with Crippen LogP contribution in [0.15, 0.2) is 128 Å². The normalized spacial score (nSPS) is 11.6. The van der Waals surface area contributed by atoms with Gasteiger partial charge in [-0.05, 0) is 65.1 Å². The Morgan fingerprint density at radius 1 is 0.809 bits per heavy atom. The molecule has 0 radical (unpaired) electrons. The summed E-state index contributed by atoms with van der Waals surface area (Å²) in [6, 6.07) is 38.8. The van der Waals surface area contributed by atoms with Gasteiger partial charge in [0.2, 0.25) is 11.8 Å². The van der Waals surface area contributed by atoms with Crippen molar-refractivity contribution in [2.45, 2.75) is 39.0 Å². The molecule has 0 spiro atoms. The highest BCUT2D eigenvalue weighted by Gasteiger charge is 2.17. The number of carbonyl (C=O) groups excluding carboxylic acids is 2. The predicted molar refractivity (Wildman–Crippen MR) is 185 cm³/mol. The number of aliphatic hydroxyl groups excluding tert-OH is 1. The van der Waals surface area contributed by atoms with Gasteiger partial charge in [-0.1, -0.05) is 84.9 Å². The van der Waals surface area contributed by atoms with Gasteiger partial charge in [-0.2, -0.15) is 0 Å². The van der Waals surface area contributed by atoms with E-state index in [9.17, 15) is 14.7 Å². The minimum atomic E-state index is -0.800. The fraction of sp³-hybridized carbons (Fsp3) is 0.205. The number of aliphatic hydroxyl groups is 1. The van der Waals surface area contributed by atoms with Crippen LogP contribution < -0.4 is 15.4 Å². The molecule has 5 aromatic rings. The molecule has 0 aliphatic heterocycles. The number of nitrogens with one attached hydrogen (secondary N) is 2. The maximum atomic E-state index is 12.4. The molecule has 0 fully saturated rings. The second kappa shape index (κ2) is 16.8. The van der Waals surface area contributed by atoms with Crippen LogP contribution in [0.25, 0.3) is 0 Å². The van der Waals surface area contributed by atoms with Gasteiger partial charge in [0.15, 0.2) is 0 Å². The average Bonchev–Trinajstić information content (AvgIpc) is 3.08. The highest BCUT2D eigenvalue weighted by atomic mass is 16.5. The Hall–Kier alpha value is -5.31. The number of ether oxygens (including phenoxy) is 1. The van der Waals surface area contributed by atoms with Gasteiger partial charge in [0.05, 0.1) is 18.2 Å². The zero-order valence-corrected chi connectivity index (χ0v) is 26.5. The van der Waals surface area contributed by atoms with Crippen LogP contribution in [0.3, 0.4) is 0 Å². The summed E-state index contributed by atoms with van der Waals surface area (Å²) < 4.78 is 6.03. The van der Waals surface area contributed by atoms with Crippen LogP contribution >= 0.6 is 0 Å². The second-order valence-corrected chi connectivity index (χ2v) is 11.4. The van der Waals surface area contributed by atoms with Crippen molar-refractivity contribution in [3.8, 4) is 5.75 Å². The third-order valence-corrected chi connectivity index (χ3v) is 7.64. The fourth-order valence-corrected chi connectivity index (χ4v) is 5.24. The number of aromatic nitrogens is 1. The summed E-state index contributed by atoms with van der Waals surface area (Å²) in [6.45, 7) is 3.57. The number of nitrogens with zero attached hydrogens (tertiary/aromatic N) is 2. The van der Waals surface area contributed by atoms with Gasteiger partial charge >= 0.3 is 0 Å². The fourth-order valence-electron chi connectivity index (χ4n) is 5.24. The molecular formula is C39H40N4O4. The molecule has 8 nitrogen and oxygen atoms in total. The number of pyridine rings is 1. The van der Waals surface area contributed by atoms with Gasteiger partial charge in [-0.3, -0.25) is 19.5 Å². The lowest BCUT2D eigenvalue weighted by molar-refractivity contribution is -0.116. The number of benzene rings is 4. The van der Waals surface area contributed by atoms with Crippen molar-refractivity contribution in [3.63, 3.8) is 0 Å². The Morgan fingerprint density at radius 3 is 2.19 bits per heavy atom. The predicted octanol–water partition coefficient (Wildman–Crippen LogP) is 6.58. The van der Waals surface area contributed by atoms with Crippen molar-refractivity contribution < 1.29 is 19.4 Å². The smallest absolute Gasteiger partial charge is 0.230 e.